The molecule has 4 rings (SSSR count). The van der Waals surface area contributed by atoms with Crippen molar-refractivity contribution in [2.75, 3.05) is 24.8 Å². The van der Waals surface area contributed by atoms with E-state index in [1.807, 2.05) is 12.1 Å². The SMILES string of the molecule is COc1ccccc1NC(=O)CSc1nc2nccnc2c(=O)n1CC1CCCO1. The molecule has 1 aromatic carbocycles. The second-order valence-electron chi connectivity index (χ2n) is 6.71. The number of aromatic nitrogens is 4. The Morgan fingerprint density at radius 1 is 1.33 bits per heavy atom. The number of methoxy groups -OCH3 is 1. The molecule has 2 aromatic heterocycles. The summed E-state index contributed by atoms with van der Waals surface area (Å²) in [7, 11) is 1.55. The summed E-state index contributed by atoms with van der Waals surface area (Å²) in [6.45, 7) is 1.05. The van der Waals surface area contributed by atoms with Crippen molar-refractivity contribution in [2.45, 2.75) is 30.6 Å². The highest BCUT2D eigenvalue weighted by molar-refractivity contribution is 7.99. The Bertz CT molecular complexity index is 1110. The second-order valence-corrected chi connectivity index (χ2v) is 7.65. The quantitative estimate of drug-likeness (QED) is 0.451. The molecule has 9 nitrogen and oxygen atoms in total. The van der Waals surface area contributed by atoms with Crippen molar-refractivity contribution in [3.8, 4) is 5.75 Å². The second kappa shape index (κ2) is 9.23. The van der Waals surface area contributed by atoms with Crippen LogP contribution in [0.15, 0.2) is 46.6 Å². The van der Waals surface area contributed by atoms with Crippen LogP contribution >= 0.6 is 11.8 Å². The van der Waals surface area contributed by atoms with Crippen LogP contribution in [-0.4, -0.2) is 51.0 Å². The number of amides is 1. The normalized spacial score (nSPS) is 16.0. The first-order valence-corrected chi connectivity index (χ1v) is 10.5. The van der Waals surface area contributed by atoms with Gasteiger partial charge in [-0.15, -0.1) is 0 Å². The Morgan fingerprint density at radius 2 is 2.17 bits per heavy atom. The smallest absolute Gasteiger partial charge is 0.282 e. The number of para-hydroxylation sites is 2. The van der Waals surface area contributed by atoms with Crippen LogP contribution in [0.25, 0.3) is 11.2 Å². The fourth-order valence-electron chi connectivity index (χ4n) is 3.26. The molecule has 0 aliphatic carbocycles. The van der Waals surface area contributed by atoms with E-state index in [-0.39, 0.29) is 34.5 Å². The van der Waals surface area contributed by atoms with Crippen LogP contribution in [0, 0.1) is 0 Å². The molecule has 156 valence electrons. The van der Waals surface area contributed by atoms with Gasteiger partial charge in [-0.25, -0.2) is 15.0 Å². The van der Waals surface area contributed by atoms with Gasteiger partial charge >= 0.3 is 0 Å². The minimum atomic E-state index is -0.281. The van der Waals surface area contributed by atoms with Crippen LogP contribution in [0.5, 0.6) is 5.75 Å². The van der Waals surface area contributed by atoms with Crippen molar-refractivity contribution in [3.05, 3.63) is 47.0 Å². The zero-order valence-corrected chi connectivity index (χ0v) is 17.2. The number of benzene rings is 1. The van der Waals surface area contributed by atoms with Gasteiger partial charge in [0, 0.05) is 19.0 Å². The lowest BCUT2D eigenvalue weighted by molar-refractivity contribution is -0.113. The summed E-state index contributed by atoms with van der Waals surface area (Å²) in [5.74, 6) is 0.411. The van der Waals surface area contributed by atoms with E-state index in [0.717, 1.165) is 12.8 Å². The van der Waals surface area contributed by atoms with Gasteiger partial charge in [0.15, 0.2) is 16.3 Å². The standard InChI is InChI=1S/C20H21N5O4S/c1-28-15-7-3-2-6-14(15)23-16(26)12-30-20-24-18-17(21-8-9-22-18)19(27)25(20)11-13-5-4-10-29-13/h2-3,6-9,13H,4-5,10-12H2,1H3,(H,23,26). The van der Waals surface area contributed by atoms with E-state index in [4.69, 9.17) is 9.47 Å². The lowest BCUT2D eigenvalue weighted by Crippen LogP contribution is -2.30. The van der Waals surface area contributed by atoms with Gasteiger partial charge in [-0.2, -0.15) is 0 Å². The van der Waals surface area contributed by atoms with Gasteiger partial charge in [-0.1, -0.05) is 23.9 Å². The predicted molar refractivity (Wildman–Crippen MR) is 113 cm³/mol. The maximum Gasteiger partial charge on any atom is 0.282 e. The average Bonchev–Trinajstić information content (AvgIpc) is 3.28. The highest BCUT2D eigenvalue weighted by Gasteiger charge is 2.21. The summed E-state index contributed by atoms with van der Waals surface area (Å²) in [5, 5.41) is 3.24. The topological polar surface area (TPSA) is 108 Å². The van der Waals surface area contributed by atoms with E-state index in [1.54, 1.807) is 19.2 Å². The van der Waals surface area contributed by atoms with E-state index in [2.05, 4.69) is 20.3 Å². The van der Waals surface area contributed by atoms with E-state index in [9.17, 15) is 9.59 Å². The number of carbonyl (C=O) groups is 1. The molecule has 0 bridgehead atoms. The van der Waals surface area contributed by atoms with Crippen LogP contribution in [0.2, 0.25) is 0 Å². The van der Waals surface area contributed by atoms with Gasteiger partial charge in [0.1, 0.15) is 5.75 Å². The fraction of sp³-hybridized carbons (Fsp3) is 0.350. The van der Waals surface area contributed by atoms with Gasteiger partial charge < -0.3 is 14.8 Å². The number of ether oxygens (including phenoxy) is 2. The first-order chi connectivity index (χ1) is 14.7. The summed E-state index contributed by atoms with van der Waals surface area (Å²) in [5.41, 5.74) is 0.771. The lowest BCUT2D eigenvalue weighted by atomic mass is 10.2. The molecular weight excluding hydrogens is 406 g/mol. The van der Waals surface area contributed by atoms with Gasteiger partial charge in [0.05, 0.1) is 31.2 Å². The van der Waals surface area contributed by atoms with Crippen molar-refractivity contribution in [2.24, 2.45) is 0 Å². The third-order valence-corrected chi connectivity index (χ3v) is 5.66. The maximum atomic E-state index is 13.0. The van der Waals surface area contributed by atoms with Crippen molar-refractivity contribution >= 4 is 34.5 Å². The number of carbonyl (C=O) groups excluding carboxylic acids is 1. The third-order valence-electron chi connectivity index (χ3n) is 4.68. The molecule has 30 heavy (non-hydrogen) atoms. The lowest BCUT2D eigenvalue weighted by Gasteiger charge is -2.16. The number of hydrogen-bond donors (Lipinski definition) is 1. The van der Waals surface area contributed by atoms with Crippen molar-refractivity contribution < 1.29 is 14.3 Å². The average molecular weight is 427 g/mol. The number of hydrogen-bond acceptors (Lipinski definition) is 8. The van der Waals surface area contributed by atoms with Crippen LogP contribution in [0.4, 0.5) is 5.69 Å². The molecule has 1 aliphatic rings. The number of nitrogens with zero attached hydrogens (tertiary/aromatic N) is 4. The molecule has 1 N–H and O–H groups in total. The number of fused-ring (bicyclic) bond motifs is 1. The molecule has 3 heterocycles. The molecule has 1 fully saturated rings. The minimum Gasteiger partial charge on any atom is -0.495 e. The molecule has 10 heteroatoms. The molecule has 1 atom stereocenters. The van der Waals surface area contributed by atoms with E-state index in [1.165, 1.54) is 28.7 Å². The van der Waals surface area contributed by atoms with Crippen LogP contribution in [-0.2, 0) is 16.1 Å². The van der Waals surface area contributed by atoms with Crippen molar-refractivity contribution in [1.29, 1.82) is 0 Å². The fourth-order valence-corrected chi connectivity index (χ4v) is 4.05. The summed E-state index contributed by atoms with van der Waals surface area (Å²) < 4.78 is 12.5. The Labute approximate surface area is 176 Å². The zero-order chi connectivity index (χ0) is 20.9. The summed E-state index contributed by atoms with van der Waals surface area (Å²) in [4.78, 5) is 38.2. The molecule has 0 radical (unpaired) electrons. The molecule has 1 aliphatic heterocycles. The summed E-state index contributed by atoms with van der Waals surface area (Å²) in [6.07, 6.45) is 4.74. The Morgan fingerprint density at radius 3 is 2.97 bits per heavy atom. The monoisotopic (exact) mass is 427 g/mol. The van der Waals surface area contributed by atoms with Gasteiger partial charge in [-0.05, 0) is 25.0 Å². The first kappa shape index (κ1) is 20.3. The Hall–Kier alpha value is -2.98. The van der Waals surface area contributed by atoms with Crippen molar-refractivity contribution in [1.82, 2.24) is 19.5 Å². The van der Waals surface area contributed by atoms with Gasteiger partial charge in [0.25, 0.3) is 5.56 Å². The zero-order valence-electron chi connectivity index (χ0n) is 16.4. The van der Waals surface area contributed by atoms with Crippen LogP contribution in [0.3, 0.4) is 0 Å². The molecule has 1 amide bonds. The largest absolute Gasteiger partial charge is 0.495 e. The number of nitrogens with one attached hydrogen (secondary N) is 1. The summed E-state index contributed by atoms with van der Waals surface area (Å²) in [6, 6.07) is 7.17. The highest BCUT2D eigenvalue weighted by Crippen LogP contribution is 2.24. The first-order valence-electron chi connectivity index (χ1n) is 9.54. The highest BCUT2D eigenvalue weighted by atomic mass is 32.2. The maximum absolute atomic E-state index is 13.0. The Kier molecular flexibility index (Phi) is 6.24. The Balaban J connectivity index is 1.56. The number of rotatable bonds is 7. The molecule has 1 saturated heterocycles. The molecule has 0 saturated carbocycles. The minimum absolute atomic E-state index is 0.0552. The molecule has 1 unspecified atom stereocenters. The molecule has 3 aromatic rings. The van der Waals surface area contributed by atoms with Crippen LogP contribution in [0.1, 0.15) is 12.8 Å². The predicted octanol–water partition coefficient (Wildman–Crippen LogP) is 2.10. The third kappa shape index (κ3) is 4.44. The van der Waals surface area contributed by atoms with E-state index in [0.29, 0.717) is 29.7 Å². The number of anilines is 1. The van der Waals surface area contributed by atoms with Gasteiger partial charge in [-0.3, -0.25) is 14.2 Å². The van der Waals surface area contributed by atoms with Gasteiger partial charge in [0.2, 0.25) is 5.91 Å². The van der Waals surface area contributed by atoms with Crippen LogP contribution < -0.4 is 15.6 Å². The van der Waals surface area contributed by atoms with E-state index >= 15 is 0 Å². The molecular formula is C20H21N5O4S. The van der Waals surface area contributed by atoms with E-state index < -0.39 is 0 Å². The summed E-state index contributed by atoms with van der Waals surface area (Å²) >= 11 is 1.18. The molecule has 0 spiro atoms. The van der Waals surface area contributed by atoms with Crippen molar-refractivity contribution in [3.63, 3.8) is 0 Å². The number of thioether (sulfide) groups is 1.